The van der Waals surface area contributed by atoms with Crippen LogP contribution in [0.3, 0.4) is 0 Å². The predicted molar refractivity (Wildman–Crippen MR) is 55.7 cm³/mol. The molecule has 0 radical (unpaired) electrons. The minimum atomic E-state index is -0.232. The van der Waals surface area contributed by atoms with Crippen LogP contribution in [0.5, 0.6) is 0 Å². The third kappa shape index (κ3) is 0.793. The van der Waals surface area contributed by atoms with Gasteiger partial charge in [0.05, 0.1) is 19.8 Å². The summed E-state index contributed by atoms with van der Waals surface area (Å²) in [5.41, 5.74) is 0.178. The van der Waals surface area contributed by atoms with Gasteiger partial charge >= 0.3 is 0 Å². The molecule has 0 aromatic rings. The molecule has 3 nitrogen and oxygen atoms in total. The summed E-state index contributed by atoms with van der Waals surface area (Å²) >= 11 is 0. The first-order valence-electron chi connectivity index (χ1n) is 6.75. The molecule has 4 saturated carbocycles. The summed E-state index contributed by atoms with van der Waals surface area (Å²) in [5.74, 6) is 2.71. The zero-order valence-corrected chi connectivity index (χ0v) is 9.48. The molecular formula is C13H18O3. The van der Waals surface area contributed by atoms with Gasteiger partial charge in [0.2, 0.25) is 0 Å². The standard InChI is InChI=1S/C13H18O3/c1-2-15-13(14-1)10-4-8-3-9(6-10)12(7-16-12)11(13)5-8/h8-11H,1-7H2/t8-,9+,10-,11+,12-/m1/s1. The molecule has 2 saturated heterocycles. The normalized spacial score (nSPS) is 60.0. The van der Waals surface area contributed by atoms with Gasteiger partial charge in [0.15, 0.2) is 5.79 Å². The van der Waals surface area contributed by atoms with E-state index >= 15 is 0 Å². The highest BCUT2D eigenvalue weighted by atomic mass is 16.7. The summed E-state index contributed by atoms with van der Waals surface area (Å²) in [5, 5.41) is 0. The molecule has 0 aromatic heterocycles. The summed E-state index contributed by atoms with van der Waals surface area (Å²) in [6.07, 6.45) is 5.31. The molecule has 88 valence electrons. The van der Waals surface area contributed by atoms with E-state index in [1.54, 1.807) is 0 Å². The molecule has 0 unspecified atom stereocenters. The minimum Gasteiger partial charge on any atom is -0.369 e. The highest BCUT2D eigenvalue weighted by molar-refractivity contribution is 5.20. The van der Waals surface area contributed by atoms with Crippen LogP contribution in [0.4, 0.5) is 0 Å². The Hall–Kier alpha value is -0.120. The van der Waals surface area contributed by atoms with Gasteiger partial charge in [-0.25, -0.2) is 0 Å². The van der Waals surface area contributed by atoms with E-state index in [-0.39, 0.29) is 11.4 Å². The van der Waals surface area contributed by atoms with Crippen molar-refractivity contribution in [1.29, 1.82) is 0 Å². The number of rotatable bonds is 0. The van der Waals surface area contributed by atoms with E-state index in [1.165, 1.54) is 25.7 Å². The van der Waals surface area contributed by atoms with E-state index < -0.39 is 0 Å². The maximum absolute atomic E-state index is 6.09. The Balaban J connectivity index is 1.65. The summed E-state index contributed by atoms with van der Waals surface area (Å²) in [4.78, 5) is 0. The monoisotopic (exact) mass is 222 g/mol. The van der Waals surface area contributed by atoms with Gasteiger partial charge in [-0.05, 0) is 37.5 Å². The van der Waals surface area contributed by atoms with Gasteiger partial charge in [0.1, 0.15) is 5.60 Å². The molecule has 6 aliphatic rings. The molecule has 0 aromatic carbocycles. The molecule has 2 heterocycles. The zero-order chi connectivity index (χ0) is 10.4. The van der Waals surface area contributed by atoms with Crippen molar-refractivity contribution in [2.24, 2.45) is 23.7 Å². The van der Waals surface area contributed by atoms with E-state index in [0.717, 1.165) is 31.7 Å². The van der Waals surface area contributed by atoms with Gasteiger partial charge < -0.3 is 14.2 Å². The first-order chi connectivity index (χ1) is 7.83. The van der Waals surface area contributed by atoms with Crippen molar-refractivity contribution in [3.05, 3.63) is 0 Å². The second-order valence-corrected chi connectivity index (χ2v) is 6.42. The Morgan fingerprint density at radius 1 is 0.812 bits per heavy atom. The molecule has 6 fully saturated rings. The number of ether oxygens (including phenoxy) is 3. The summed E-state index contributed by atoms with van der Waals surface area (Å²) in [6, 6.07) is 0. The number of epoxide rings is 1. The van der Waals surface area contributed by atoms with Crippen LogP contribution in [0.15, 0.2) is 0 Å². The zero-order valence-electron chi connectivity index (χ0n) is 9.48. The lowest BCUT2D eigenvalue weighted by Gasteiger charge is -2.60. The van der Waals surface area contributed by atoms with Crippen LogP contribution >= 0.6 is 0 Å². The fourth-order valence-corrected chi connectivity index (χ4v) is 5.36. The number of hydrogen-bond donors (Lipinski definition) is 0. The number of hydrogen-bond acceptors (Lipinski definition) is 3. The predicted octanol–water partition coefficient (Wildman–Crippen LogP) is 1.56. The second-order valence-electron chi connectivity index (χ2n) is 6.42. The third-order valence-corrected chi connectivity index (χ3v) is 5.93. The molecule has 5 atom stereocenters. The second kappa shape index (κ2) is 2.50. The lowest BCUT2D eigenvalue weighted by molar-refractivity contribution is -0.307. The molecule has 6 rings (SSSR count). The highest BCUT2D eigenvalue weighted by Gasteiger charge is 2.75. The van der Waals surface area contributed by atoms with Gasteiger partial charge in [-0.2, -0.15) is 0 Å². The summed E-state index contributed by atoms with van der Waals surface area (Å²) in [7, 11) is 0. The van der Waals surface area contributed by atoms with E-state index in [1.807, 2.05) is 0 Å². The lowest BCUT2D eigenvalue weighted by Crippen LogP contribution is -2.65. The molecule has 4 aliphatic carbocycles. The SMILES string of the molecule is C1COC2(O1)[C@@H]1C[C@H]3C[C@@H](C1)[C@]1(CO1)[C@@H]2C3. The Bertz CT molecular complexity index is 343. The quantitative estimate of drug-likeness (QED) is 0.583. The van der Waals surface area contributed by atoms with Crippen LogP contribution in [0.25, 0.3) is 0 Å². The van der Waals surface area contributed by atoms with Crippen LogP contribution < -0.4 is 0 Å². The van der Waals surface area contributed by atoms with Crippen LogP contribution in [-0.2, 0) is 14.2 Å². The van der Waals surface area contributed by atoms with Crippen LogP contribution in [0.2, 0.25) is 0 Å². The highest BCUT2D eigenvalue weighted by Crippen LogP contribution is 2.68. The average Bonchev–Trinajstić information content (AvgIpc) is 2.93. The van der Waals surface area contributed by atoms with E-state index in [2.05, 4.69) is 0 Å². The van der Waals surface area contributed by atoms with E-state index in [4.69, 9.17) is 14.2 Å². The van der Waals surface area contributed by atoms with Gasteiger partial charge in [-0.3, -0.25) is 0 Å². The van der Waals surface area contributed by atoms with Crippen LogP contribution in [-0.4, -0.2) is 31.2 Å². The van der Waals surface area contributed by atoms with Gasteiger partial charge in [0, 0.05) is 11.8 Å². The maximum Gasteiger partial charge on any atom is 0.176 e. The Morgan fingerprint density at radius 2 is 1.56 bits per heavy atom. The van der Waals surface area contributed by atoms with Crippen LogP contribution in [0.1, 0.15) is 25.7 Å². The fraction of sp³-hybridized carbons (Fsp3) is 1.00. The average molecular weight is 222 g/mol. The van der Waals surface area contributed by atoms with Gasteiger partial charge in [-0.15, -0.1) is 0 Å². The molecule has 2 spiro atoms. The topological polar surface area (TPSA) is 31.0 Å². The molecular weight excluding hydrogens is 204 g/mol. The fourth-order valence-electron chi connectivity index (χ4n) is 5.36. The Morgan fingerprint density at radius 3 is 2.31 bits per heavy atom. The van der Waals surface area contributed by atoms with Crippen molar-refractivity contribution in [3.63, 3.8) is 0 Å². The van der Waals surface area contributed by atoms with Crippen molar-refractivity contribution in [2.75, 3.05) is 19.8 Å². The Kier molecular flexibility index (Phi) is 1.39. The molecule has 0 amide bonds. The van der Waals surface area contributed by atoms with Gasteiger partial charge in [-0.1, -0.05) is 0 Å². The van der Waals surface area contributed by atoms with E-state index in [9.17, 15) is 0 Å². The Labute approximate surface area is 95.4 Å². The van der Waals surface area contributed by atoms with Crippen LogP contribution in [0, 0.1) is 23.7 Å². The van der Waals surface area contributed by atoms with Gasteiger partial charge in [0.25, 0.3) is 0 Å². The van der Waals surface area contributed by atoms with E-state index in [0.29, 0.717) is 11.8 Å². The summed E-state index contributed by atoms with van der Waals surface area (Å²) in [6.45, 7) is 2.55. The van der Waals surface area contributed by atoms with Crippen molar-refractivity contribution in [3.8, 4) is 0 Å². The maximum atomic E-state index is 6.09. The minimum absolute atomic E-state index is 0.178. The lowest BCUT2D eigenvalue weighted by atomic mass is 9.49. The molecule has 3 heteroatoms. The summed E-state index contributed by atoms with van der Waals surface area (Å²) < 4.78 is 18.1. The van der Waals surface area contributed by atoms with Crippen molar-refractivity contribution in [1.82, 2.24) is 0 Å². The molecule has 16 heavy (non-hydrogen) atoms. The smallest absolute Gasteiger partial charge is 0.176 e. The third-order valence-electron chi connectivity index (χ3n) is 5.93. The first kappa shape index (κ1) is 8.90. The first-order valence-corrected chi connectivity index (χ1v) is 6.75. The van der Waals surface area contributed by atoms with Crippen molar-refractivity contribution < 1.29 is 14.2 Å². The van der Waals surface area contributed by atoms with Crippen molar-refractivity contribution in [2.45, 2.75) is 37.1 Å². The molecule has 4 bridgehead atoms. The van der Waals surface area contributed by atoms with Crippen molar-refractivity contribution >= 4 is 0 Å². The molecule has 0 N–H and O–H groups in total. The molecule has 2 aliphatic heterocycles. The largest absolute Gasteiger partial charge is 0.369 e.